The van der Waals surface area contributed by atoms with Crippen LogP contribution in [0.2, 0.25) is 0 Å². The molecule has 0 aliphatic heterocycles. The molecule has 0 atom stereocenters. The van der Waals surface area contributed by atoms with Crippen molar-refractivity contribution in [3.8, 4) is 5.75 Å². The van der Waals surface area contributed by atoms with Crippen LogP contribution in [0.4, 0.5) is 15.8 Å². The monoisotopic (exact) mass is 312 g/mol. The average molecular weight is 312 g/mol. The largest absolute Gasteiger partial charge is 0.508 e. The van der Waals surface area contributed by atoms with E-state index in [1.807, 2.05) is 0 Å². The van der Waals surface area contributed by atoms with E-state index in [0.717, 1.165) is 12.1 Å². The Morgan fingerprint density at radius 3 is 2.48 bits per heavy atom. The van der Waals surface area contributed by atoms with E-state index >= 15 is 0 Å². The number of hydrogen-bond acceptors (Lipinski definition) is 5. The van der Waals surface area contributed by atoms with Gasteiger partial charge in [0.15, 0.2) is 0 Å². The summed E-state index contributed by atoms with van der Waals surface area (Å²) in [7, 11) is -4.12. The van der Waals surface area contributed by atoms with Gasteiger partial charge in [-0.15, -0.1) is 0 Å². The molecule has 0 radical (unpaired) electrons. The predicted octanol–water partition coefficient (Wildman–Crippen LogP) is 2.24. The fraction of sp³-hybridized carbons (Fsp3) is 0. The van der Waals surface area contributed by atoms with Crippen molar-refractivity contribution in [3.63, 3.8) is 0 Å². The third kappa shape index (κ3) is 3.26. The van der Waals surface area contributed by atoms with Crippen LogP contribution in [0.25, 0.3) is 0 Å². The predicted molar refractivity (Wildman–Crippen MR) is 72.0 cm³/mol. The number of phenols is 1. The lowest BCUT2D eigenvalue weighted by Crippen LogP contribution is -2.13. The number of anilines is 1. The Labute approximate surface area is 118 Å². The van der Waals surface area contributed by atoms with E-state index in [4.69, 9.17) is 0 Å². The van der Waals surface area contributed by atoms with Crippen molar-refractivity contribution in [2.75, 3.05) is 4.72 Å². The highest BCUT2D eigenvalue weighted by Crippen LogP contribution is 2.23. The van der Waals surface area contributed by atoms with E-state index in [0.29, 0.717) is 6.07 Å². The van der Waals surface area contributed by atoms with Gasteiger partial charge in [-0.1, -0.05) is 6.07 Å². The van der Waals surface area contributed by atoms with Crippen molar-refractivity contribution < 1.29 is 22.8 Å². The summed E-state index contributed by atoms with van der Waals surface area (Å²) in [6.45, 7) is 0. The number of hydrogen-bond donors (Lipinski definition) is 2. The van der Waals surface area contributed by atoms with Crippen LogP contribution in [0.15, 0.2) is 47.4 Å². The minimum absolute atomic E-state index is 0.0776. The molecular weight excluding hydrogens is 303 g/mol. The zero-order valence-corrected chi connectivity index (χ0v) is 11.2. The van der Waals surface area contributed by atoms with Crippen molar-refractivity contribution in [2.45, 2.75) is 4.90 Å². The van der Waals surface area contributed by atoms with Crippen LogP contribution in [0, 0.1) is 15.9 Å². The lowest BCUT2D eigenvalue weighted by Gasteiger charge is -2.08. The third-order valence-corrected chi connectivity index (χ3v) is 3.90. The molecule has 2 rings (SSSR count). The highest BCUT2D eigenvalue weighted by Gasteiger charge is 2.20. The average Bonchev–Trinajstić information content (AvgIpc) is 2.37. The first-order valence-electron chi connectivity index (χ1n) is 5.55. The summed E-state index contributed by atoms with van der Waals surface area (Å²) < 4.78 is 39.6. The molecule has 2 N–H and O–H groups in total. The van der Waals surface area contributed by atoms with Gasteiger partial charge in [-0.05, 0) is 18.2 Å². The minimum atomic E-state index is -4.12. The van der Waals surface area contributed by atoms with Crippen molar-refractivity contribution in [1.82, 2.24) is 0 Å². The van der Waals surface area contributed by atoms with Crippen LogP contribution in [0.1, 0.15) is 0 Å². The van der Waals surface area contributed by atoms with E-state index in [1.54, 1.807) is 0 Å². The van der Waals surface area contributed by atoms with Crippen LogP contribution in [0.3, 0.4) is 0 Å². The maximum absolute atomic E-state index is 13.5. The van der Waals surface area contributed by atoms with Gasteiger partial charge in [0.25, 0.3) is 10.0 Å². The van der Waals surface area contributed by atoms with Gasteiger partial charge >= 0.3 is 5.69 Å². The zero-order chi connectivity index (χ0) is 15.6. The molecule has 0 unspecified atom stereocenters. The number of nitrogens with zero attached hydrogens (tertiary/aromatic N) is 1. The molecule has 0 spiro atoms. The summed E-state index contributed by atoms with van der Waals surface area (Å²) >= 11 is 0. The first kappa shape index (κ1) is 14.7. The van der Waals surface area contributed by atoms with E-state index in [1.165, 1.54) is 24.3 Å². The number of nitro benzene ring substituents is 1. The second kappa shape index (κ2) is 5.37. The SMILES string of the molecule is O=[N+]([O-])c1ccc(S(=O)(=O)Nc2cccc(O)c2)cc1F. The Morgan fingerprint density at radius 2 is 1.90 bits per heavy atom. The van der Waals surface area contributed by atoms with Crippen LogP contribution in [0.5, 0.6) is 5.75 Å². The normalized spacial score (nSPS) is 11.1. The highest BCUT2D eigenvalue weighted by molar-refractivity contribution is 7.92. The van der Waals surface area contributed by atoms with Crippen LogP contribution in [-0.4, -0.2) is 18.4 Å². The van der Waals surface area contributed by atoms with E-state index in [2.05, 4.69) is 4.72 Å². The number of phenolic OH excluding ortho intramolecular Hbond substituents is 1. The topological polar surface area (TPSA) is 110 Å². The van der Waals surface area contributed by atoms with Crippen LogP contribution >= 0.6 is 0 Å². The quantitative estimate of drug-likeness (QED) is 0.664. The minimum Gasteiger partial charge on any atom is -0.508 e. The molecule has 2 aromatic rings. The molecule has 0 aliphatic carbocycles. The van der Waals surface area contributed by atoms with E-state index in [-0.39, 0.29) is 11.4 Å². The van der Waals surface area contributed by atoms with Gasteiger partial charge in [-0.3, -0.25) is 14.8 Å². The zero-order valence-electron chi connectivity index (χ0n) is 10.4. The standard InChI is InChI=1S/C12H9FN2O5S/c13-11-7-10(4-5-12(11)15(17)18)21(19,20)14-8-2-1-3-9(16)6-8/h1-7,14,16H. The summed E-state index contributed by atoms with van der Waals surface area (Å²) in [4.78, 5) is 9.07. The Morgan fingerprint density at radius 1 is 1.19 bits per heavy atom. The summed E-state index contributed by atoms with van der Waals surface area (Å²) in [6.07, 6.45) is 0. The highest BCUT2D eigenvalue weighted by atomic mass is 32.2. The van der Waals surface area contributed by atoms with Gasteiger partial charge in [0.05, 0.1) is 15.5 Å². The maximum atomic E-state index is 13.5. The maximum Gasteiger partial charge on any atom is 0.304 e. The Kier molecular flexibility index (Phi) is 3.76. The molecule has 0 fully saturated rings. The summed E-state index contributed by atoms with van der Waals surface area (Å²) in [5.41, 5.74) is -0.736. The molecule has 0 aliphatic rings. The number of halogens is 1. The second-order valence-electron chi connectivity index (χ2n) is 4.03. The summed E-state index contributed by atoms with van der Waals surface area (Å²) in [5.74, 6) is -1.40. The first-order chi connectivity index (χ1) is 9.79. The number of aromatic hydroxyl groups is 1. The molecule has 21 heavy (non-hydrogen) atoms. The van der Waals surface area contributed by atoms with Gasteiger partial charge in [0, 0.05) is 18.2 Å². The number of nitro groups is 1. The van der Waals surface area contributed by atoms with Crippen molar-refractivity contribution >= 4 is 21.4 Å². The Balaban J connectivity index is 2.36. The molecule has 110 valence electrons. The second-order valence-corrected chi connectivity index (χ2v) is 5.71. The van der Waals surface area contributed by atoms with Gasteiger partial charge in [0.2, 0.25) is 5.82 Å². The van der Waals surface area contributed by atoms with Gasteiger partial charge in [-0.2, -0.15) is 4.39 Å². The van der Waals surface area contributed by atoms with Crippen LogP contribution in [-0.2, 0) is 10.0 Å². The van der Waals surface area contributed by atoms with Crippen molar-refractivity contribution in [3.05, 3.63) is 58.4 Å². The van der Waals surface area contributed by atoms with E-state index < -0.39 is 31.3 Å². The molecule has 0 saturated carbocycles. The molecule has 9 heteroatoms. The number of benzene rings is 2. The fourth-order valence-corrected chi connectivity index (χ4v) is 2.65. The number of rotatable bonds is 4. The summed E-state index contributed by atoms with van der Waals surface area (Å²) in [5, 5.41) is 19.7. The Bertz CT molecular complexity index is 807. The van der Waals surface area contributed by atoms with Gasteiger partial charge in [0.1, 0.15) is 5.75 Å². The lowest BCUT2D eigenvalue weighted by atomic mass is 10.3. The fourth-order valence-electron chi connectivity index (χ4n) is 1.59. The van der Waals surface area contributed by atoms with Gasteiger partial charge in [-0.25, -0.2) is 8.42 Å². The Hall–Kier alpha value is -2.68. The molecule has 0 bridgehead atoms. The molecule has 0 amide bonds. The molecule has 0 aromatic heterocycles. The van der Waals surface area contributed by atoms with E-state index in [9.17, 15) is 28.0 Å². The smallest absolute Gasteiger partial charge is 0.304 e. The number of sulfonamides is 1. The molecule has 2 aromatic carbocycles. The molecule has 0 heterocycles. The first-order valence-corrected chi connectivity index (χ1v) is 7.04. The summed E-state index contributed by atoms with van der Waals surface area (Å²) in [6, 6.07) is 7.58. The number of nitrogens with one attached hydrogen (secondary N) is 1. The molecule has 7 nitrogen and oxygen atoms in total. The molecule has 0 saturated heterocycles. The third-order valence-electron chi connectivity index (χ3n) is 2.52. The van der Waals surface area contributed by atoms with Crippen molar-refractivity contribution in [1.29, 1.82) is 0 Å². The van der Waals surface area contributed by atoms with Crippen LogP contribution < -0.4 is 4.72 Å². The lowest BCUT2D eigenvalue weighted by molar-refractivity contribution is -0.387. The van der Waals surface area contributed by atoms with Crippen molar-refractivity contribution in [2.24, 2.45) is 0 Å². The van der Waals surface area contributed by atoms with Gasteiger partial charge < -0.3 is 5.11 Å². The molecular formula is C12H9FN2O5S.